The molecule has 1 fully saturated rings. The minimum Gasteiger partial charge on any atom is -0.449 e. The van der Waals surface area contributed by atoms with Crippen LogP contribution in [0.25, 0.3) is 0 Å². The van der Waals surface area contributed by atoms with Crippen LogP contribution in [-0.4, -0.2) is 15.9 Å². The second-order valence-corrected chi connectivity index (χ2v) is 4.60. The lowest BCUT2D eigenvalue weighted by atomic mass is 9.90. The third-order valence-corrected chi connectivity index (χ3v) is 3.88. The van der Waals surface area contributed by atoms with Crippen LogP contribution in [0.4, 0.5) is 0 Å². The molecule has 2 atom stereocenters. The van der Waals surface area contributed by atoms with Crippen LogP contribution in [0, 0.1) is 11.8 Å². The molecule has 1 aromatic heterocycles. The monoisotopic (exact) mass is 211 g/mol. The fourth-order valence-corrected chi connectivity index (χ4v) is 3.21. The SMILES string of the molecule is CCC1C(=O)SCC1Cc1cnco1. The van der Waals surface area contributed by atoms with Gasteiger partial charge in [0, 0.05) is 18.1 Å². The van der Waals surface area contributed by atoms with Crippen molar-refractivity contribution < 1.29 is 9.21 Å². The molecule has 0 N–H and O–H groups in total. The van der Waals surface area contributed by atoms with Crippen LogP contribution in [0.2, 0.25) is 0 Å². The Morgan fingerprint density at radius 3 is 3.21 bits per heavy atom. The van der Waals surface area contributed by atoms with Crippen LogP contribution < -0.4 is 0 Å². The zero-order valence-electron chi connectivity index (χ0n) is 8.10. The van der Waals surface area contributed by atoms with E-state index in [9.17, 15) is 4.79 Å². The molecule has 4 heteroatoms. The van der Waals surface area contributed by atoms with Crippen LogP contribution in [0.1, 0.15) is 19.1 Å². The predicted molar refractivity (Wildman–Crippen MR) is 54.9 cm³/mol. The fraction of sp³-hybridized carbons (Fsp3) is 0.600. The Bertz CT molecular complexity index is 310. The Kier molecular flexibility index (Phi) is 2.91. The van der Waals surface area contributed by atoms with Crippen molar-refractivity contribution in [2.24, 2.45) is 11.8 Å². The summed E-state index contributed by atoms with van der Waals surface area (Å²) in [6.07, 6.45) is 4.96. The normalized spacial score (nSPS) is 27.1. The molecule has 0 amide bonds. The topological polar surface area (TPSA) is 43.1 Å². The van der Waals surface area contributed by atoms with E-state index in [4.69, 9.17) is 4.42 Å². The van der Waals surface area contributed by atoms with Crippen LogP contribution in [0.15, 0.2) is 17.0 Å². The molecule has 2 rings (SSSR count). The summed E-state index contributed by atoms with van der Waals surface area (Å²) in [6, 6.07) is 0. The summed E-state index contributed by atoms with van der Waals surface area (Å²) in [7, 11) is 0. The van der Waals surface area contributed by atoms with Gasteiger partial charge in [-0.3, -0.25) is 4.79 Å². The Labute approximate surface area is 87.3 Å². The molecule has 0 bridgehead atoms. The van der Waals surface area contributed by atoms with Crippen LogP contribution >= 0.6 is 11.8 Å². The van der Waals surface area contributed by atoms with E-state index in [0.29, 0.717) is 11.0 Å². The van der Waals surface area contributed by atoms with Crippen molar-refractivity contribution in [3.05, 3.63) is 18.4 Å². The number of aromatic nitrogens is 1. The molecule has 14 heavy (non-hydrogen) atoms. The predicted octanol–water partition coefficient (Wildman–Crippen LogP) is 2.13. The van der Waals surface area contributed by atoms with Crippen molar-refractivity contribution in [3.63, 3.8) is 0 Å². The highest BCUT2D eigenvalue weighted by Gasteiger charge is 2.34. The Morgan fingerprint density at radius 2 is 2.57 bits per heavy atom. The number of rotatable bonds is 3. The lowest BCUT2D eigenvalue weighted by Gasteiger charge is -2.13. The zero-order valence-corrected chi connectivity index (χ0v) is 8.92. The van der Waals surface area contributed by atoms with Gasteiger partial charge in [0.15, 0.2) is 11.5 Å². The molecular weight excluding hydrogens is 198 g/mol. The smallest absolute Gasteiger partial charge is 0.192 e. The summed E-state index contributed by atoms with van der Waals surface area (Å²) < 4.78 is 5.19. The number of thioether (sulfide) groups is 1. The Hall–Kier alpha value is -0.770. The first-order valence-electron chi connectivity index (χ1n) is 4.85. The Morgan fingerprint density at radius 1 is 1.71 bits per heavy atom. The summed E-state index contributed by atoms with van der Waals surface area (Å²) in [5, 5.41) is 0.344. The molecule has 1 saturated heterocycles. The number of oxazole rings is 1. The highest BCUT2D eigenvalue weighted by atomic mass is 32.2. The third kappa shape index (κ3) is 1.85. The molecule has 0 aliphatic carbocycles. The second-order valence-electron chi connectivity index (χ2n) is 3.58. The summed E-state index contributed by atoms with van der Waals surface area (Å²) in [6.45, 7) is 2.07. The first-order chi connectivity index (χ1) is 6.81. The van der Waals surface area contributed by atoms with E-state index in [2.05, 4.69) is 11.9 Å². The molecule has 0 radical (unpaired) electrons. The number of hydrogen-bond acceptors (Lipinski definition) is 4. The van der Waals surface area contributed by atoms with Crippen molar-refractivity contribution in [3.8, 4) is 0 Å². The van der Waals surface area contributed by atoms with Crippen molar-refractivity contribution in [1.29, 1.82) is 0 Å². The van der Waals surface area contributed by atoms with Crippen LogP contribution in [0.5, 0.6) is 0 Å². The third-order valence-electron chi connectivity index (χ3n) is 2.70. The van der Waals surface area contributed by atoms with Crippen molar-refractivity contribution in [1.82, 2.24) is 4.98 Å². The van der Waals surface area contributed by atoms with Crippen molar-refractivity contribution >= 4 is 16.9 Å². The van der Waals surface area contributed by atoms with Crippen LogP contribution in [0.3, 0.4) is 0 Å². The van der Waals surface area contributed by atoms with Gasteiger partial charge in [-0.05, 0) is 12.3 Å². The highest BCUT2D eigenvalue weighted by Crippen LogP contribution is 2.35. The number of carbonyl (C=O) groups excluding carboxylic acids is 1. The average molecular weight is 211 g/mol. The number of carbonyl (C=O) groups is 1. The molecule has 76 valence electrons. The maximum absolute atomic E-state index is 11.5. The van der Waals surface area contributed by atoms with E-state index in [1.165, 1.54) is 18.2 Å². The van der Waals surface area contributed by atoms with Crippen LogP contribution in [-0.2, 0) is 11.2 Å². The number of nitrogens with zero attached hydrogens (tertiary/aromatic N) is 1. The molecule has 3 nitrogen and oxygen atoms in total. The van der Waals surface area contributed by atoms with E-state index in [1.54, 1.807) is 6.20 Å². The Balaban J connectivity index is 2.01. The zero-order chi connectivity index (χ0) is 9.97. The highest BCUT2D eigenvalue weighted by molar-refractivity contribution is 8.14. The summed E-state index contributed by atoms with van der Waals surface area (Å²) in [5.74, 6) is 2.47. The van der Waals surface area contributed by atoms with Gasteiger partial charge in [0.1, 0.15) is 5.76 Å². The maximum Gasteiger partial charge on any atom is 0.192 e. The first-order valence-corrected chi connectivity index (χ1v) is 5.83. The van der Waals surface area contributed by atoms with Gasteiger partial charge in [-0.15, -0.1) is 0 Å². The van der Waals surface area contributed by atoms with Gasteiger partial charge in [0.2, 0.25) is 0 Å². The standard InChI is InChI=1S/C10H13NO2S/c1-2-9-7(5-14-10(9)12)3-8-4-11-6-13-8/h4,6-7,9H,2-3,5H2,1H3. The molecule has 2 heterocycles. The minimum atomic E-state index is 0.213. The van der Waals surface area contributed by atoms with Gasteiger partial charge in [0.05, 0.1) is 6.20 Å². The molecule has 0 spiro atoms. The van der Waals surface area contributed by atoms with Crippen molar-refractivity contribution in [2.45, 2.75) is 19.8 Å². The average Bonchev–Trinajstić information content (AvgIpc) is 2.77. The second kappa shape index (κ2) is 4.17. The van der Waals surface area contributed by atoms with E-state index in [1.807, 2.05) is 0 Å². The lowest BCUT2D eigenvalue weighted by molar-refractivity contribution is -0.114. The van der Waals surface area contributed by atoms with Crippen molar-refractivity contribution in [2.75, 3.05) is 5.75 Å². The molecule has 0 saturated carbocycles. The summed E-state index contributed by atoms with van der Waals surface area (Å²) in [5.41, 5.74) is 0. The first kappa shape index (κ1) is 9.77. The molecule has 1 aliphatic heterocycles. The van der Waals surface area contributed by atoms with Gasteiger partial charge in [-0.25, -0.2) is 4.98 Å². The molecular formula is C10H13NO2S. The van der Waals surface area contributed by atoms with Gasteiger partial charge < -0.3 is 4.42 Å². The number of hydrogen-bond donors (Lipinski definition) is 0. The van der Waals surface area contributed by atoms with Gasteiger partial charge in [0.25, 0.3) is 0 Å². The molecule has 2 unspecified atom stereocenters. The van der Waals surface area contributed by atoms with Gasteiger partial charge >= 0.3 is 0 Å². The molecule has 0 aromatic carbocycles. The minimum absolute atomic E-state index is 0.213. The molecule has 1 aliphatic rings. The van der Waals surface area contributed by atoms with E-state index >= 15 is 0 Å². The summed E-state index contributed by atoms with van der Waals surface area (Å²) in [4.78, 5) is 15.3. The quantitative estimate of drug-likeness (QED) is 0.768. The maximum atomic E-state index is 11.5. The van der Waals surface area contributed by atoms with E-state index in [-0.39, 0.29) is 5.92 Å². The lowest BCUT2D eigenvalue weighted by Crippen LogP contribution is -2.16. The fourth-order valence-electron chi connectivity index (χ4n) is 1.91. The van der Waals surface area contributed by atoms with E-state index in [0.717, 1.165) is 24.4 Å². The summed E-state index contributed by atoms with van der Waals surface area (Å²) >= 11 is 1.46. The van der Waals surface area contributed by atoms with E-state index < -0.39 is 0 Å². The largest absolute Gasteiger partial charge is 0.449 e. The van der Waals surface area contributed by atoms with Gasteiger partial charge in [-0.1, -0.05) is 18.7 Å². The van der Waals surface area contributed by atoms with Gasteiger partial charge in [-0.2, -0.15) is 0 Å². The molecule has 1 aromatic rings.